The average Bonchev–Trinajstić information content (AvgIpc) is 2.52. The quantitative estimate of drug-likeness (QED) is 0.799. The third-order valence-corrected chi connectivity index (χ3v) is 4.21. The largest absolute Gasteiger partial charge is 0.444 e. The van der Waals surface area contributed by atoms with E-state index in [0.29, 0.717) is 31.0 Å². The molecule has 1 saturated heterocycles. The number of aliphatic hydroxyl groups excluding tert-OH is 1. The molecule has 8 heteroatoms. The molecule has 1 aromatic carbocycles. The van der Waals surface area contributed by atoms with E-state index in [0.717, 1.165) is 0 Å². The summed E-state index contributed by atoms with van der Waals surface area (Å²) in [5.74, 6) is 0. The predicted molar refractivity (Wildman–Crippen MR) is 96.4 cm³/mol. The van der Waals surface area contributed by atoms with Gasteiger partial charge in [0.2, 0.25) is 0 Å². The molecule has 0 spiro atoms. The third kappa shape index (κ3) is 4.75. The predicted octanol–water partition coefficient (Wildman–Crippen LogP) is 3.01. The first-order valence-electron chi connectivity index (χ1n) is 8.60. The summed E-state index contributed by atoms with van der Waals surface area (Å²) in [6.45, 7) is 8.55. The van der Waals surface area contributed by atoms with Crippen LogP contribution in [0.15, 0.2) is 18.2 Å². The molecule has 1 aromatic rings. The number of alkyl halides is 2. The highest BCUT2D eigenvalue weighted by atomic mass is 19.3. The summed E-state index contributed by atoms with van der Waals surface area (Å²) in [5, 5.41) is 9.85. The lowest BCUT2D eigenvalue weighted by atomic mass is 10.0. The van der Waals surface area contributed by atoms with Crippen LogP contribution >= 0.6 is 0 Å². The second-order valence-corrected chi connectivity index (χ2v) is 7.57. The molecule has 2 atom stereocenters. The van der Waals surface area contributed by atoms with E-state index in [4.69, 9.17) is 10.5 Å². The number of nitrogen functional groups attached to an aromatic ring is 1. The Balaban J connectivity index is 2.17. The van der Waals surface area contributed by atoms with Gasteiger partial charge in [-0.1, -0.05) is 0 Å². The van der Waals surface area contributed by atoms with Crippen molar-refractivity contribution in [2.45, 2.75) is 51.9 Å². The van der Waals surface area contributed by atoms with Crippen molar-refractivity contribution in [2.24, 2.45) is 0 Å². The number of benzene rings is 1. The minimum absolute atomic E-state index is 0.0953. The molecule has 0 aliphatic carbocycles. The standard InChI is InChI=1S/C18H27F2N3O3/c1-11-10-22(7-8-23(11)17(25)26-18(2,3)4)14-6-5-12(21)9-13(14)15(24)16(19)20/h5-6,9,11,15-16,24H,7-8,10,21H2,1-4H3/t11-,15?/m1/s1. The van der Waals surface area contributed by atoms with Gasteiger partial charge in [-0.15, -0.1) is 0 Å². The van der Waals surface area contributed by atoms with Gasteiger partial charge in [0.1, 0.15) is 11.7 Å². The number of nitrogens with zero attached hydrogens (tertiary/aromatic N) is 2. The van der Waals surface area contributed by atoms with Gasteiger partial charge in [0.25, 0.3) is 6.43 Å². The Bertz CT molecular complexity index is 649. The van der Waals surface area contributed by atoms with E-state index < -0.39 is 24.2 Å². The Labute approximate surface area is 152 Å². The molecule has 0 aromatic heterocycles. The van der Waals surface area contributed by atoms with E-state index in [-0.39, 0.29) is 11.6 Å². The SMILES string of the molecule is C[C@@H]1CN(c2ccc(N)cc2C(O)C(F)F)CCN1C(=O)OC(C)(C)C. The fourth-order valence-electron chi connectivity index (χ4n) is 3.00. The highest BCUT2D eigenvalue weighted by molar-refractivity contribution is 5.69. The Morgan fingerprint density at radius 2 is 2.00 bits per heavy atom. The second-order valence-electron chi connectivity index (χ2n) is 7.57. The zero-order valence-corrected chi connectivity index (χ0v) is 15.6. The Kier molecular flexibility index (Phi) is 5.95. The maximum Gasteiger partial charge on any atom is 0.410 e. The van der Waals surface area contributed by atoms with Crippen molar-refractivity contribution in [1.29, 1.82) is 0 Å². The highest BCUT2D eigenvalue weighted by Crippen LogP contribution is 2.33. The molecule has 26 heavy (non-hydrogen) atoms. The Hall–Kier alpha value is -2.09. The fraction of sp³-hybridized carbons (Fsp3) is 0.611. The van der Waals surface area contributed by atoms with Crippen molar-refractivity contribution in [3.8, 4) is 0 Å². The number of carbonyl (C=O) groups is 1. The minimum Gasteiger partial charge on any atom is -0.444 e. The van der Waals surface area contributed by atoms with Crippen LogP contribution in [-0.2, 0) is 4.74 Å². The molecule has 0 saturated carbocycles. The van der Waals surface area contributed by atoms with Crippen LogP contribution in [0.3, 0.4) is 0 Å². The van der Waals surface area contributed by atoms with Gasteiger partial charge >= 0.3 is 6.09 Å². The van der Waals surface area contributed by atoms with Crippen molar-refractivity contribution < 1.29 is 23.4 Å². The number of nitrogens with two attached hydrogens (primary N) is 1. The molecule has 1 unspecified atom stereocenters. The van der Waals surface area contributed by atoms with E-state index in [1.165, 1.54) is 6.07 Å². The first kappa shape index (κ1) is 20.2. The number of carbonyl (C=O) groups excluding carboxylic acids is 1. The fourth-order valence-corrected chi connectivity index (χ4v) is 3.00. The molecular weight excluding hydrogens is 344 g/mol. The van der Waals surface area contributed by atoms with Crippen LogP contribution in [0, 0.1) is 0 Å². The maximum atomic E-state index is 13.0. The van der Waals surface area contributed by atoms with Crippen molar-refractivity contribution in [1.82, 2.24) is 4.90 Å². The molecule has 1 amide bonds. The monoisotopic (exact) mass is 371 g/mol. The number of hydrogen-bond donors (Lipinski definition) is 2. The summed E-state index contributed by atoms with van der Waals surface area (Å²) in [5.41, 5.74) is 6.02. The summed E-state index contributed by atoms with van der Waals surface area (Å²) >= 11 is 0. The molecule has 2 rings (SSSR count). The Morgan fingerprint density at radius 3 is 2.54 bits per heavy atom. The van der Waals surface area contributed by atoms with E-state index in [9.17, 15) is 18.7 Å². The molecule has 3 N–H and O–H groups in total. The lowest BCUT2D eigenvalue weighted by Gasteiger charge is -2.42. The van der Waals surface area contributed by atoms with E-state index in [1.54, 1.807) is 37.8 Å². The van der Waals surface area contributed by atoms with Crippen LogP contribution in [0.2, 0.25) is 0 Å². The van der Waals surface area contributed by atoms with Crippen LogP contribution in [0.5, 0.6) is 0 Å². The number of hydrogen-bond acceptors (Lipinski definition) is 5. The number of halogens is 2. The van der Waals surface area contributed by atoms with Crippen LogP contribution in [0.1, 0.15) is 39.4 Å². The van der Waals surface area contributed by atoms with Crippen molar-refractivity contribution >= 4 is 17.5 Å². The van der Waals surface area contributed by atoms with Gasteiger partial charge < -0.3 is 25.4 Å². The third-order valence-electron chi connectivity index (χ3n) is 4.21. The van der Waals surface area contributed by atoms with Gasteiger partial charge in [-0.3, -0.25) is 0 Å². The molecular formula is C18H27F2N3O3. The van der Waals surface area contributed by atoms with Crippen molar-refractivity contribution in [3.05, 3.63) is 23.8 Å². The van der Waals surface area contributed by atoms with Crippen LogP contribution in [0.25, 0.3) is 0 Å². The van der Waals surface area contributed by atoms with Gasteiger partial charge in [0.05, 0.1) is 0 Å². The van der Waals surface area contributed by atoms with Gasteiger partial charge in [-0.2, -0.15) is 0 Å². The van der Waals surface area contributed by atoms with E-state index >= 15 is 0 Å². The number of rotatable bonds is 3. The first-order valence-corrected chi connectivity index (χ1v) is 8.60. The van der Waals surface area contributed by atoms with Crippen LogP contribution in [-0.4, -0.2) is 53.8 Å². The molecule has 6 nitrogen and oxygen atoms in total. The minimum atomic E-state index is -2.91. The van der Waals surface area contributed by atoms with Gasteiger partial charge in [0, 0.05) is 42.6 Å². The first-order chi connectivity index (χ1) is 12.0. The normalized spacial score (nSPS) is 19.6. The lowest BCUT2D eigenvalue weighted by Crippen LogP contribution is -2.55. The number of aliphatic hydroxyl groups is 1. The van der Waals surface area contributed by atoms with Gasteiger partial charge in [0.15, 0.2) is 0 Å². The van der Waals surface area contributed by atoms with Crippen LogP contribution in [0.4, 0.5) is 25.0 Å². The molecule has 1 aliphatic rings. The van der Waals surface area contributed by atoms with Crippen molar-refractivity contribution in [2.75, 3.05) is 30.3 Å². The molecule has 1 aliphatic heterocycles. The number of ether oxygens (including phenoxy) is 1. The zero-order chi connectivity index (χ0) is 19.6. The zero-order valence-electron chi connectivity index (χ0n) is 15.6. The highest BCUT2D eigenvalue weighted by Gasteiger charge is 2.33. The average molecular weight is 371 g/mol. The smallest absolute Gasteiger partial charge is 0.410 e. The molecule has 0 bridgehead atoms. The molecule has 146 valence electrons. The van der Waals surface area contributed by atoms with Crippen LogP contribution < -0.4 is 10.6 Å². The van der Waals surface area contributed by atoms with Gasteiger partial charge in [-0.25, -0.2) is 13.6 Å². The summed E-state index contributed by atoms with van der Waals surface area (Å²) in [4.78, 5) is 15.8. The number of anilines is 2. The van der Waals surface area contributed by atoms with Gasteiger partial charge in [-0.05, 0) is 45.9 Å². The maximum absolute atomic E-state index is 13.0. The lowest BCUT2D eigenvalue weighted by molar-refractivity contribution is -0.00562. The van der Waals surface area contributed by atoms with E-state index in [1.807, 2.05) is 11.8 Å². The van der Waals surface area contributed by atoms with Crippen molar-refractivity contribution in [3.63, 3.8) is 0 Å². The summed E-state index contributed by atoms with van der Waals surface area (Å²) < 4.78 is 31.4. The number of piperazine rings is 1. The van der Waals surface area contributed by atoms with E-state index in [2.05, 4.69) is 0 Å². The summed E-state index contributed by atoms with van der Waals surface area (Å²) in [6.07, 6.45) is -5.21. The molecule has 1 fully saturated rings. The summed E-state index contributed by atoms with van der Waals surface area (Å²) in [6, 6.07) is 4.44. The molecule has 1 heterocycles. The second kappa shape index (κ2) is 7.65. The Morgan fingerprint density at radius 1 is 1.35 bits per heavy atom. The summed E-state index contributed by atoms with van der Waals surface area (Å²) in [7, 11) is 0. The molecule has 0 radical (unpaired) electrons. The number of amides is 1. The topological polar surface area (TPSA) is 79.0 Å².